The van der Waals surface area contributed by atoms with E-state index < -0.39 is 11.8 Å². The van der Waals surface area contributed by atoms with Gasteiger partial charge in [-0.05, 0) is 61.2 Å². The molecule has 186 valence electrons. The molecule has 7 heteroatoms. The number of thiophene rings is 1. The molecule has 2 aromatic heterocycles. The third-order valence-corrected chi connectivity index (χ3v) is 9.33. The quantitative estimate of drug-likeness (QED) is 0.439. The monoisotopic (exact) mass is 493 g/mol. The number of nitrogens with one attached hydrogen (secondary N) is 1. The van der Waals surface area contributed by atoms with Gasteiger partial charge in [-0.3, -0.25) is 4.79 Å². The zero-order chi connectivity index (χ0) is 24.0. The highest BCUT2D eigenvalue weighted by Crippen LogP contribution is 2.41. The van der Waals surface area contributed by atoms with Crippen LogP contribution < -0.4 is 5.32 Å². The second-order valence-corrected chi connectivity index (χ2v) is 11.8. The summed E-state index contributed by atoms with van der Waals surface area (Å²) in [5, 5.41) is 15.4. The van der Waals surface area contributed by atoms with E-state index in [0.29, 0.717) is 17.5 Å². The molecule has 1 aromatic carbocycles. The Balaban J connectivity index is 1.33. The molecule has 3 heterocycles. The topological polar surface area (TPSA) is 79.7 Å². The van der Waals surface area contributed by atoms with Crippen molar-refractivity contribution in [3.05, 3.63) is 52.0 Å². The van der Waals surface area contributed by atoms with Gasteiger partial charge < -0.3 is 19.7 Å². The number of hydrogen-bond acceptors (Lipinski definition) is 5. The van der Waals surface area contributed by atoms with Crippen LogP contribution >= 0.6 is 11.3 Å². The summed E-state index contributed by atoms with van der Waals surface area (Å²) in [6.07, 6.45) is 9.70. The summed E-state index contributed by atoms with van der Waals surface area (Å²) in [4.78, 5) is 19.8. The van der Waals surface area contributed by atoms with Crippen LogP contribution in [-0.2, 0) is 11.2 Å². The van der Waals surface area contributed by atoms with E-state index in [1.807, 2.05) is 12.1 Å². The van der Waals surface area contributed by atoms with E-state index in [1.54, 1.807) is 11.3 Å². The van der Waals surface area contributed by atoms with Gasteiger partial charge in [-0.1, -0.05) is 45.1 Å². The largest absolute Gasteiger partial charge is 0.366 e. The van der Waals surface area contributed by atoms with Crippen molar-refractivity contribution in [1.82, 2.24) is 14.9 Å². The second-order valence-electron chi connectivity index (χ2n) is 10.8. The summed E-state index contributed by atoms with van der Waals surface area (Å²) in [6.45, 7) is 2.37. The SMILES string of the molecule is C[C@@H]1CCCCC1n1c(Cc2cccs2)nc2cc(C(=O)NC3(C4OC4O)CCCCC3)ccc21. The minimum Gasteiger partial charge on any atom is -0.366 e. The minimum atomic E-state index is -0.760. The van der Waals surface area contributed by atoms with E-state index >= 15 is 0 Å². The number of aromatic nitrogens is 2. The minimum absolute atomic E-state index is 0.100. The number of carbonyl (C=O) groups is 1. The first-order chi connectivity index (χ1) is 17.0. The molecular weight excluding hydrogens is 458 g/mol. The third-order valence-electron chi connectivity index (χ3n) is 8.46. The van der Waals surface area contributed by atoms with Crippen molar-refractivity contribution in [1.29, 1.82) is 0 Å². The molecule has 1 aliphatic heterocycles. The van der Waals surface area contributed by atoms with Crippen LogP contribution in [0.1, 0.15) is 91.8 Å². The highest BCUT2D eigenvalue weighted by Gasteiger charge is 2.55. The predicted molar refractivity (Wildman–Crippen MR) is 138 cm³/mol. The lowest BCUT2D eigenvalue weighted by Gasteiger charge is -2.36. The van der Waals surface area contributed by atoms with Crippen molar-refractivity contribution in [2.24, 2.45) is 5.92 Å². The fourth-order valence-electron chi connectivity index (χ4n) is 6.50. The molecule has 0 spiro atoms. The molecule has 2 saturated carbocycles. The molecule has 1 amide bonds. The number of aliphatic hydroxyl groups is 1. The van der Waals surface area contributed by atoms with Crippen molar-refractivity contribution in [2.75, 3.05) is 0 Å². The Bertz CT molecular complexity index is 1200. The first-order valence-electron chi connectivity index (χ1n) is 13.2. The average Bonchev–Trinajstić information content (AvgIpc) is 3.25. The van der Waals surface area contributed by atoms with Crippen molar-refractivity contribution in [3.8, 4) is 0 Å². The maximum Gasteiger partial charge on any atom is 0.251 e. The Kier molecular flexibility index (Phi) is 6.19. The number of hydrogen-bond donors (Lipinski definition) is 2. The molecule has 4 atom stereocenters. The van der Waals surface area contributed by atoms with Crippen molar-refractivity contribution >= 4 is 28.3 Å². The second kappa shape index (κ2) is 9.34. The Labute approximate surface area is 210 Å². The molecule has 2 aliphatic carbocycles. The van der Waals surface area contributed by atoms with Crippen LogP contribution in [0.15, 0.2) is 35.7 Å². The smallest absolute Gasteiger partial charge is 0.251 e. The number of rotatable bonds is 6. The summed E-state index contributed by atoms with van der Waals surface area (Å²) in [5.41, 5.74) is 2.18. The van der Waals surface area contributed by atoms with Crippen LogP contribution in [0.2, 0.25) is 0 Å². The standard InChI is InChI=1S/C28H35N3O3S/c1-18-8-3-4-10-22(18)31-23-12-11-19(16-21(23)29-24(31)17-20-9-7-15-35-20)26(32)30-28(25-27(33)34-25)13-5-2-6-14-28/h7,9,11-12,15-16,18,22,25,27,33H,2-6,8,10,13-14,17H2,1H3,(H,30,32)/t18-,22?,25?,27?/m1/s1. The van der Waals surface area contributed by atoms with Gasteiger partial charge >= 0.3 is 0 Å². The Morgan fingerprint density at radius 3 is 2.71 bits per heavy atom. The highest BCUT2D eigenvalue weighted by atomic mass is 32.1. The zero-order valence-electron chi connectivity index (χ0n) is 20.4. The number of ether oxygens (including phenoxy) is 1. The van der Waals surface area contributed by atoms with Crippen molar-refractivity contribution in [2.45, 2.75) is 95.1 Å². The maximum absolute atomic E-state index is 13.4. The fraction of sp³-hybridized carbons (Fsp3) is 0.571. The normalized spacial score (nSPS) is 28.2. The van der Waals surface area contributed by atoms with Crippen LogP contribution in [0.25, 0.3) is 11.0 Å². The van der Waals surface area contributed by atoms with Gasteiger partial charge in [0.1, 0.15) is 11.9 Å². The van der Waals surface area contributed by atoms with Crippen LogP contribution in [0.4, 0.5) is 0 Å². The summed E-state index contributed by atoms with van der Waals surface area (Å²) < 4.78 is 7.91. The maximum atomic E-state index is 13.4. The molecule has 0 bridgehead atoms. The number of fused-ring (bicyclic) bond motifs is 1. The fourth-order valence-corrected chi connectivity index (χ4v) is 7.21. The Morgan fingerprint density at radius 1 is 1.20 bits per heavy atom. The molecule has 3 fully saturated rings. The molecule has 1 saturated heterocycles. The third kappa shape index (κ3) is 4.43. The number of aliphatic hydroxyl groups excluding tert-OH is 1. The van der Waals surface area contributed by atoms with E-state index in [9.17, 15) is 9.90 Å². The van der Waals surface area contributed by atoms with E-state index in [-0.39, 0.29) is 12.0 Å². The van der Waals surface area contributed by atoms with Crippen LogP contribution in [0.5, 0.6) is 0 Å². The van der Waals surface area contributed by atoms with Gasteiger partial charge in [-0.25, -0.2) is 4.98 Å². The lowest BCUT2D eigenvalue weighted by atomic mass is 9.78. The van der Waals surface area contributed by atoms with Gasteiger partial charge in [0.15, 0.2) is 6.29 Å². The van der Waals surface area contributed by atoms with Gasteiger partial charge in [0.25, 0.3) is 5.91 Å². The number of carbonyl (C=O) groups excluding carboxylic acids is 1. The van der Waals surface area contributed by atoms with E-state index in [0.717, 1.165) is 55.4 Å². The number of epoxide rings is 1. The molecular formula is C28H35N3O3S. The van der Waals surface area contributed by atoms with E-state index in [2.05, 4.69) is 40.4 Å². The van der Waals surface area contributed by atoms with Gasteiger partial charge in [0, 0.05) is 22.9 Å². The number of nitrogens with zero attached hydrogens (tertiary/aromatic N) is 2. The molecule has 2 N–H and O–H groups in total. The molecule has 3 aromatic rings. The molecule has 3 aliphatic rings. The van der Waals surface area contributed by atoms with E-state index in [4.69, 9.17) is 9.72 Å². The summed E-state index contributed by atoms with van der Waals surface area (Å²) in [6, 6.07) is 10.7. The van der Waals surface area contributed by atoms with Gasteiger partial charge in [-0.2, -0.15) is 0 Å². The molecule has 0 radical (unpaired) electrons. The lowest BCUT2D eigenvalue weighted by molar-refractivity contribution is 0.0831. The predicted octanol–water partition coefficient (Wildman–Crippen LogP) is 5.59. The average molecular weight is 494 g/mol. The number of imidazole rings is 1. The van der Waals surface area contributed by atoms with E-state index in [1.165, 1.54) is 30.6 Å². The number of benzene rings is 1. The van der Waals surface area contributed by atoms with Crippen molar-refractivity contribution < 1.29 is 14.6 Å². The van der Waals surface area contributed by atoms with Crippen LogP contribution in [-0.4, -0.2) is 38.5 Å². The van der Waals surface area contributed by atoms with Gasteiger partial charge in [0.2, 0.25) is 0 Å². The summed E-state index contributed by atoms with van der Waals surface area (Å²) in [7, 11) is 0. The molecule has 35 heavy (non-hydrogen) atoms. The van der Waals surface area contributed by atoms with Gasteiger partial charge in [-0.15, -0.1) is 11.3 Å². The molecule has 3 unspecified atom stereocenters. The zero-order valence-corrected chi connectivity index (χ0v) is 21.2. The van der Waals surface area contributed by atoms with Crippen molar-refractivity contribution in [3.63, 3.8) is 0 Å². The lowest BCUT2D eigenvalue weighted by Crippen LogP contribution is -2.54. The summed E-state index contributed by atoms with van der Waals surface area (Å²) in [5.74, 6) is 1.61. The Morgan fingerprint density at radius 2 is 2.00 bits per heavy atom. The highest BCUT2D eigenvalue weighted by molar-refractivity contribution is 7.09. The Hall–Kier alpha value is -2.22. The van der Waals surface area contributed by atoms with Crippen LogP contribution in [0.3, 0.4) is 0 Å². The summed E-state index contributed by atoms with van der Waals surface area (Å²) >= 11 is 1.77. The molecule has 6 rings (SSSR count). The van der Waals surface area contributed by atoms with Crippen LogP contribution in [0, 0.1) is 5.92 Å². The first kappa shape index (κ1) is 23.2. The number of amides is 1. The van der Waals surface area contributed by atoms with Gasteiger partial charge in [0.05, 0.1) is 16.6 Å². The molecule has 6 nitrogen and oxygen atoms in total. The first-order valence-corrected chi connectivity index (χ1v) is 14.1.